The van der Waals surface area contributed by atoms with Crippen molar-refractivity contribution in [3.63, 3.8) is 0 Å². The fourth-order valence-corrected chi connectivity index (χ4v) is 5.93. The molecule has 0 radical (unpaired) electrons. The fraction of sp³-hybridized carbons (Fsp3) is 0.444. The first kappa shape index (κ1) is 28.3. The van der Waals surface area contributed by atoms with Crippen molar-refractivity contribution in [2.24, 2.45) is 0 Å². The SMILES string of the molecule is CCN(CC)S(=O)(=O)c1ccc(N2CCCCC2)c(NC(=O)/C=C/c2cc(OC)c(OC)c(OC)c2)c1. The Kier molecular flexibility index (Phi) is 9.82. The zero-order valence-electron chi connectivity index (χ0n) is 22.2. The first-order chi connectivity index (χ1) is 17.8. The van der Waals surface area contributed by atoms with Gasteiger partial charge in [0.1, 0.15) is 0 Å². The second-order valence-electron chi connectivity index (χ2n) is 8.60. The second-order valence-corrected chi connectivity index (χ2v) is 10.5. The zero-order valence-corrected chi connectivity index (χ0v) is 23.1. The van der Waals surface area contributed by atoms with Crippen LogP contribution >= 0.6 is 0 Å². The van der Waals surface area contributed by atoms with Gasteiger partial charge in [-0.2, -0.15) is 4.31 Å². The van der Waals surface area contributed by atoms with Crippen LogP contribution in [0.2, 0.25) is 0 Å². The predicted octanol–water partition coefficient (Wildman–Crippen LogP) is 4.39. The molecule has 10 heteroatoms. The highest BCUT2D eigenvalue weighted by Crippen LogP contribution is 2.38. The average Bonchev–Trinajstić information content (AvgIpc) is 2.92. The van der Waals surface area contributed by atoms with Crippen molar-refractivity contribution >= 4 is 33.4 Å². The van der Waals surface area contributed by atoms with Gasteiger partial charge in [-0.15, -0.1) is 0 Å². The van der Waals surface area contributed by atoms with Gasteiger partial charge in [-0.3, -0.25) is 4.79 Å². The summed E-state index contributed by atoms with van der Waals surface area (Å²) in [4.78, 5) is 15.3. The third-order valence-corrected chi connectivity index (χ3v) is 8.43. The Balaban J connectivity index is 1.93. The van der Waals surface area contributed by atoms with E-state index in [1.54, 1.807) is 50.3 Å². The molecular weight excluding hydrogens is 494 g/mol. The predicted molar refractivity (Wildman–Crippen MR) is 146 cm³/mol. The van der Waals surface area contributed by atoms with E-state index in [1.165, 1.54) is 31.7 Å². The second kappa shape index (κ2) is 12.8. The Morgan fingerprint density at radius 3 is 2.14 bits per heavy atom. The van der Waals surface area contributed by atoms with Gasteiger partial charge in [0, 0.05) is 32.3 Å². The molecule has 0 saturated carbocycles. The monoisotopic (exact) mass is 531 g/mol. The summed E-state index contributed by atoms with van der Waals surface area (Å²) in [6.07, 6.45) is 6.29. The first-order valence-electron chi connectivity index (χ1n) is 12.5. The van der Waals surface area contributed by atoms with Crippen LogP contribution in [0.15, 0.2) is 41.3 Å². The molecule has 0 atom stereocenters. The number of hydrogen-bond donors (Lipinski definition) is 1. The Hall–Kier alpha value is -3.24. The van der Waals surface area contributed by atoms with Gasteiger partial charge in [0.2, 0.25) is 21.7 Å². The van der Waals surface area contributed by atoms with Gasteiger partial charge in [-0.1, -0.05) is 13.8 Å². The lowest BCUT2D eigenvalue weighted by Gasteiger charge is -2.31. The summed E-state index contributed by atoms with van der Waals surface area (Å²) in [6.45, 7) is 6.05. The van der Waals surface area contributed by atoms with E-state index in [9.17, 15) is 13.2 Å². The molecule has 3 rings (SSSR count). The highest BCUT2D eigenvalue weighted by molar-refractivity contribution is 7.89. The maximum absolute atomic E-state index is 13.2. The van der Waals surface area contributed by atoms with E-state index in [4.69, 9.17) is 14.2 Å². The molecule has 0 aliphatic carbocycles. The van der Waals surface area contributed by atoms with Crippen LogP contribution in [0.1, 0.15) is 38.7 Å². The number of rotatable bonds is 11. The number of benzene rings is 2. The topological polar surface area (TPSA) is 97.4 Å². The number of sulfonamides is 1. The van der Waals surface area contributed by atoms with Crippen LogP contribution in [0.25, 0.3) is 6.08 Å². The number of carbonyl (C=O) groups excluding carboxylic acids is 1. The minimum absolute atomic E-state index is 0.154. The van der Waals surface area contributed by atoms with E-state index in [1.807, 2.05) is 0 Å². The van der Waals surface area contributed by atoms with E-state index < -0.39 is 10.0 Å². The highest BCUT2D eigenvalue weighted by atomic mass is 32.2. The number of carbonyl (C=O) groups is 1. The summed E-state index contributed by atoms with van der Waals surface area (Å²) in [7, 11) is 0.900. The van der Waals surface area contributed by atoms with Gasteiger partial charge in [0.25, 0.3) is 0 Å². The van der Waals surface area contributed by atoms with E-state index in [2.05, 4.69) is 10.2 Å². The molecule has 0 spiro atoms. The molecule has 37 heavy (non-hydrogen) atoms. The molecule has 202 valence electrons. The van der Waals surface area contributed by atoms with Gasteiger partial charge in [-0.05, 0) is 61.2 Å². The molecule has 9 nitrogen and oxygen atoms in total. The van der Waals surface area contributed by atoms with Crippen LogP contribution in [0.3, 0.4) is 0 Å². The van der Waals surface area contributed by atoms with Crippen molar-refractivity contribution in [3.05, 3.63) is 42.0 Å². The number of ether oxygens (including phenoxy) is 3. The summed E-state index contributed by atoms with van der Waals surface area (Å²) in [6, 6.07) is 8.45. The maximum Gasteiger partial charge on any atom is 0.248 e. The van der Waals surface area contributed by atoms with Crippen molar-refractivity contribution in [3.8, 4) is 17.2 Å². The van der Waals surface area contributed by atoms with Gasteiger partial charge in [-0.25, -0.2) is 8.42 Å². The van der Waals surface area contributed by atoms with Gasteiger partial charge < -0.3 is 24.4 Å². The summed E-state index contributed by atoms with van der Waals surface area (Å²) >= 11 is 0. The molecule has 1 N–H and O–H groups in total. The number of methoxy groups -OCH3 is 3. The normalized spacial score (nSPS) is 14.2. The smallest absolute Gasteiger partial charge is 0.248 e. The molecule has 1 amide bonds. The van der Waals surface area contributed by atoms with Crippen molar-refractivity contribution in [2.45, 2.75) is 38.0 Å². The van der Waals surface area contributed by atoms with Crippen LogP contribution in [-0.4, -0.2) is 66.1 Å². The first-order valence-corrected chi connectivity index (χ1v) is 13.9. The molecule has 1 heterocycles. The summed E-state index contributed by atoms with van der Waals surface area (Å²) in [5, 5.41) is 2.91. The molecular formula is C27H37N3O6S. The number of nitrogens with zero attached hydrogens (tertiary/aromatic N) is 2. The van der Waals surface area contributed by atoms with Crippen LogP contribution in [0, 0.1) is 0 Å². The quantitative estimate of drug-likeness (QED) is 0.430. The van der Waals surface area contributed by atoms with E-state index >= 15 is 0 Å². The van der Waals surface area contributed by atoms with Crippen molar-refractivity contribution in [2.75, 3.05) is 57.7 Å². The lowest BCUT2D eigenvalue weighted by molar-refractivity contribution is -0.111. The third-order valence-electron chi connectivity index (χ3n) is 6.38. The van der Waals surface area contributed by atoms with E-state index in [-0.39, 0.29) is 10.8 Å². The van der Waals surface area contributed by atoms with Crippen LogP contribution in [0.5, 0.6) is 17.2 Å². The van der Waals surface area contributed by atoms with Crippen molar-refractivity contribution in [1.82, 2.24) is 4.31 Å². The van der Waals surface area contributed by atoms with E-state index in [0.717, 1.165) is 38.0 Å². The summed E-state index contributed by atoms with van der Waals surface area (Å²) < 4.78 is 43.8. The van der Waals surface area contributed by atoms with Crippen molar-refractivity contribution < 1.29 is 27.4 Å². The average molecular weight is 532 g/mol. The Labute approximate surface area is 220 Å². The largest absolute Gasteiger partial charge is 0.493 e. The van der Waals surface area contributed by atoms with Gasteiger partial charge in [0.05, 0.1) is 37.6 Å². The lowest BCUT2D eigenvalue weighted by atomic mass is 10.1. The molecule has 2 aromatic rings. The fourth-order valence-electron chi connectivity index (χ4n) is 4.44. The Morgan fingerprint density at radius 2 is 1.59 bits per heavy atom. The number of anilines is 2. The number of amides is 1. The molecule has 1 saturated heterocycles. The maximum atomic E-state index is 13.2. The van der Waals surface area contributed by atoms with Gasteiger partial charge >= 0.3 is 0 Å². The lowest BCUT2D eigenvalue weighted by Crippen LogP contribution is -2.32. The summed E-state index contributed by atoms with van der Waals surface area (Å²) in [5.41, 5.74) is 1.96. The molecule has 1 aliphatic rings. The van der Waals surface area contributed by atoms with E-state index in [0.29, 0.717) is 41.6 Å². The standard InChI is InChI=1S/C27H37N3O6S/c1-6-30(7-2)37(32,33)21-12-13-23(29-15-9-8-10-16-29)22(19-21)28-26(31)14-11-20-17-24(34-3)27(36-5)25(18-20)35-4/h11-14,17-19H,6-10,15-16H2,1-5H3,(H,28,31)/b14-11+. The summed E-state index contributed by atoms with van der Waals surface area (Å²) in [5.74, 6) is 1.03. The Bertz CT molecular complexity index is 1190. The Morgan fingerprint density at radius 1 is 0.973 bits per heavy atom. The van der Waals surface area contributed by atoms with Crippen molar-refractivity contribution in [1.29, 1.82) is 0 Å². The molecule has 1 aliphatic heterocycles. The van der Waals surface area contributed by atoms with Crippen LogP contribution in [0.4, 0.5) is 11.4 Å². The van der Waals surface area contributed by atoms with Gasteiger partial charge in [0.15, 0.2) is 11.5 Å². The highest BCUT2D eigenvalue weighted by Gasteiger charge is 2.24. The molecule has 2 aromatic carbocycles. The number of nitrogens with one attached hydrogen (secondary N) is 1. The zero-order chi connectivity index (χ0) is 27.0. The minimum Gasteiger partial charge on any atom is -0.493 e. The molecule has 0 unspecified atom stereocenters. The molecule has 1 fully saturated rings. The molecule has 0 bridgehead atoms. The van der Waals surface area contributed by atoms with Crippen LogP contribution in [-0.2, 0) is 14.8 Å². The minimum atomic E-state index is -3.68. The molecule has 0 aromatic heterocycles. The number of hydrogen-bond acceptors (Lipinski definition) is 7. The van der Waals surface area contributed by atoms with Crippen LogP contribution < -0.4 is 24.4 Å². The number of piperidine rings is 1. The third kappa shape index (κ3) is 6.56.